The number of aryl methyl sites for hydroxylation is 1. The monoisotopic (exact) mass is 340 g/mol. The first-order valence-electron chi connectivity index (χ1n) is 9.20. The quantitative estimate of drug-likeness (QED) is 0.660. The van der Waals surface area contributed by atoms with Crippen LogP contribution in [-0.4, -0.2) is 10.8 Å². The summed E-state index contributed by atoms with van der Waals surface area (Å²) in [7, 11) is 0. The molecule has 2 aliphatic rings. The number of hydrogen-bond donors (Lipinski definition) is 1. The zero-order valence-electron chi connectivity index (χ0n) is 14.8. The molecular formula is C23H20N2O. The molecular weight excluding hydrogens is 320 g/mol. The van der Waals surface area contributed by atoms with Gasteiger partial charge in [-0.05, 0) is 42.5 Å². The Labute approximate surface area is 152 Å². The van der Waals surface area contributed by atoms with Crippen molar-refractivity contribution in [3.05, 3.63) is 77.0 Å². The molecule has 1 unspecified atom stereocenters. The fourth-order valence-corrected chi connectivity index (χ4v) is 4.41. The first kappa shape index (κ1) is 15.3. The summed E-state index contributed by atoms with van der Waals surface area (Å²) in [5.41, 5.74) is 7.72. The van der Waals surface area contributed by atoms with Gasteiger partial charge in [0.05, 0.1) is 23.4 Å². The molecule has 2 heterocycles. The van der Waals surface area contributed by atoms with Crippen LogP contribution in [0, 0.1) is 6.92 Å². The van der Waals surface area contributed by atoms with Gasteiger partial charge in [-0.1, -0.05) is 42.5 Å². The summed E-state index contributed by atoms with van der Waals surface area (Å²) in [6, 6.07) is 16.4. The molecule has 128 valence electrons. The minimum absolute atomic E-state index is 0.0885. The van der Waals surface area contributed by atoms with Crippen LogP contribution < -0.4 is 5.32 Å². The molecule has 2 aromatic carbocycles. The molecule has 0 amide bonds. The van der Waals surface area contributed by atoms with Crippen LogP contribution in [0.4, 0.5) is 5.69 Å². The lowest BCUT2D eigenvalue weighted by Crippen LogP contribution is -2.28. The number of anilines is 1. The van der Waals surface area contributed by atoms with Gasteiger partial charge in [0.25, 0.3) is 0 Å². The minimum Gasteiger partial charge on any atom is -0.372 e. The molecule has 3 nitrogen and oxygen atoms in total. The van der Waals surface area contributed by atoms with Gasteiger partial charge < -0.3 is 5.32 Å². The Bertz CT molecular complexity index is 1080. The van der Waals surface area contributed by atoms with Crippen molar-refractivity contribution in [2.75, 3.05) is 5.32 Å². The van der Waals surface area contributed by atoms with Gasteiger partial charge in [0.2, 0.25) is 0 Å². The Morgan fingerprint density at radius 1 is 1.04 bits per heavy atom. The van der Waals surface area contributed by atoms with Crippen molar-refractivity contribution >= 4 is 27.9 Å². The summed E-state index contributed by atoms with van der Waals surface area (Å²) in [6.45, 7) is 2.11. The molecule has 0 radical (unpaired) electrons. The second kappa shape index (κ2) is 5.80. The van der Waals surface area contributed by atoms with Gasteiger partial charge in [0, 0.05) is 22.9 Å². The lowest BCUT2D eigenvalue weighted by molar-refractivity contribution is -0.116. The Morgan fingerprint density at radius 2 is 1.85 bits per heavy atom. The number of Topliss-reactive ketones (excluding diaryl/α,β-unsaturated/α-hetero) is 1. The zero-order valence-corrected chi connectivity index (χ0v) is 14.8. The maximum Gasteiger partial charge on any atom is 0.161 e. The molecule has 3 aromatic rings. The third kappa shape index (κ3) is 2.20. The molecule has 26 heavy (non-hydrogen) atoms. The van der Waals surface area contributed by atoms with Crippen LogP contribution in [0.5, 0.6) is 0 Å². The first-order valence-corrected chi connectivity index (χ1v) is 9.20. The summed E-state index contributed by atoms with van der Waals surface area (Å²) in [6.07, 6.45) is 4.44. The zero-order chi connectivity index (χ0) is 17.7. The highest BCUT2D eigenvalue weighted by atomic mass is 16.1. The second-order valence-corrected chi connectivity index (χ2v) is 7.17. The van der Waals surface area contributed by atoms with Crippen LogP contribution in [0.1, 0.15) is 42.0 Å². The number of allylic oxidation sites excluding steroid dienone is 1. The van der Waals surface area contributed by atoms with Crippen LogP contribution in [-0.2, 0) is 4.79 Å². The van der Waals surface area contributed by atoms with E-state index in [-0.39, 0.29) is 11.8 Å². The Hall–Kier alpha value is -2.94. The number of benzene rings is 2. The molecule has 1 N–H and O–H groups in total. The number of carbonyl (C=O) groups is 1. The smallest absolute Gasteiger partial charge is 0.161 e. The second-order valence-electron chi connectivity index (χ2n) is 7.17. The van der Waals surface area contributed by atoms with Crippen LogP contribution in [0.3, 0.4) is 0 Å². The Kier molecular flexibility index (Phi) is 3.42. The van der Waals surface area contributed by atoms with Crippen molar-refractivity contribution in [2.45, 2.75) is 32.2 Å². The molecule has 0 saturated heterocycles. The predicted octanol–water partition coefficient (Wildman–Crippen LogP) is 5.22. The van der Waals surface area contributed by atoms with Gasteiger partial charge in [-0.15, -0.1) is 0 Å². The van der Waals surface area contributed by atoms with Crippen molar-refractivity contribution in [1.29, 1.82) is 0 Å². The topological polar surface area (TPSA) is 42.0 Å². The van der Waals surface area contributed by atoms with E-state index >= 15 is 0 Å². The standard InChI is InChI=1S/C23H20N2O/c1-14-7-2-3-8-15(14)23-22-17(10-6-12-20(22)26)21-16-9-4-5-11-18(16)24-13-19(21)25-23/h2-5,7-9,11,13,23,25H,6,10,12H2,1H3. The molecule has 5 rings (SSSR count). The minimum atomic E-state index is -0.0885. The van der Waals surface area contributed by atoms with Crippen LogP contribution >= 0.6 is 0 Å². The number of rotatable bonds is 1. The molecule has 1 atom stereocenters. The maximum atomic E-state index is 13.0. The van der Waals surface area contributed by atoms with Gasteiger partial charge in [0.1, 0.15) is 0 Å². The average molecular weight is 340 g/mol. The summed E-state index contributed by atoms with van der Waals surface area (Å²) < 4.78 is 0. The largest absolute Gasteiger partial charge is 0.372 e. The van der Waals surface area contributed by atoms with Crippen molar-refractivity contribution in [1.82, 2.24) is 4.98 Å². The lowest BCUT2D eigenvalue weighted by Gasteiger charge is -2.35. The number of carbonyl (C=O) groups excluding carboxylic acids is 1. The lowest BCUT2D eigenvalue weighted by atomic mass is 9.77. The number of hydrogen-bond acceptors (Lipinski definition) is 3. The fraction of sp³-hybridized carbons (Fsp3) is 0.217. The van der Waals surface area contributed by atoms with E-state index in [1.54, 1.807) is 0 Å². The number of aromatic nitrogens is 1. The summed E-state index contributed by atoms with van der Waals surface area (Å²) in [5.74, 6) is 0.276. The molecule has 3 heteroatoms. The Morgan fingerprint density at radius 3 is 2.73 bits per heavy atom. The number of para-hydroxylation sites is 1. The highest BCUT2D eigenvalue weighted by Gasteiger charge is 2.35. The van der Waals surface area contributed by atoms with Crippen LogP contribution in [0.25, 0.3) is 16.5 Å². The first-order chi connectivity index (χ1) is 12.7. The molecule has 0 saturated carbocycles. The van der Waals surface area contributed by atoms with Gasteiger partial charge in [-0.2, -0.15) is 0 Å². The van der Waals surface area contributed by atoms with E-state index in [1.165, 1.54) is 22.3 Å². The van der Waals surface area contributed by atoms with E-state index in [2.05, 4.69) is 35.4 Å². The van der Waals surface area contributed by atoms with Gasteiger partial charge in [-0.25, -0.2) is 0 Å². The number of nitrogens with zero attached hydrogens (tertiary/aromatic N) is 1. The fourth-order valence-electron chi connectivity index (χ4n) is 4.41. The van der Waals surface area contributed by atoms with Crippen LogP contribution in [0.2, 0.25) is 0 Å². The number of fused-ring (bicyclic) bond motifs is 4. The number of nitrogens with one attached hydrogen (secondary N) is 1. The van der Waals surface area contributed by atoms with Crippen LogP contribution in [0.15, 0.2) is 60.3 Å². The molecule has 1 aliphatic carbocycles. The van der Waals surface area contributed by atoms with E-state index in [1.807, 2.05) is 36.5 Å². The third-order valence-electron chi connectivity index (χ3n) is 5.62. The van der Waals surface area contributed by atoms with Gasteiger partial charge >= 0.3 is 0 Å². The summed E-state index contributed by atoms with van der Waals surface area (Å²) in [4.78, 5) is 17.6. The van der Waals surface area contributed by atoms with Gasteiger partial charge in [-0.3, -0.25) is 9.78 Å². The van der Waals surface area contributed by atoms with Crippen molar-refractivity contribution in [3.63, 3.8) is 0 Å². The SMILES string of the molecule is Cc1ccccc1C1Nc2cnc3ccccc3c2C2=C1C(=O)CCC2. The average Bonchev–Trinajstić information content (AvgIpc) is 2.67. The number of pyridine rings is 1. The third-order valence-corrected chi connectivity index (χ3v) is 5.62. The van der Waals surface area contributed by atoms with Crippen molar-refractivity contribution in [2.24, 2.45) is 0 Å². The molecule has 0 spiro atoms. The predicted molar refractivity (Wildman–Crippen MR) is 105 cm³/mol. The Balaban J connectivity index is 1.81. The van der Waals surface area contributed by atoms with Crippen molar-refractivity contribution in [3.8, 4) is 0 Å². The van der Waals surface area contributed by atoms with E-state index in [4.69, 9.17) is 0 Å². The maximum absolute atomic E-state index is 13.0. The number of ketones is 1. The highest BCUT2D eigenvalue weighted by Crippen LogP contribution is 2.47. The molecule has 1 aliphatic heterocycles. The molecule has 0 bridgehead atoms. The van der Waals surface area contributed by atoms with Crippen molar-refractivity contribution < 1.29 is 4.79 Å². The van der Waals surface area contributed by atoms with E-state index < -0.39 is 0 Å². The van der Waals surface area contributed by atoms with E-state index in [0.29, 0.717) is 6.42 Å². The van der Waals surface area contributed by atoms with Gasteiger partial charge in [0.15, 0.2) is 5.78 Å². The molecule has 0 fully saturated rings. The summed E-state index contributed by atoms with van der Waals surface area (Å²) in [5, 5.41) is 4.76. The molecule has 1 aromatic heterocycles. The normalized spacial score (nSPS) is 19.1. The van der Waals surface area contributed by atoms with E-state index in [9.17, 15) is 4.79 Å². The summed E-state index contributed by atoms with van der Waals surface area (Å²) >= 11 is 0. The van der Waals surface area contributed by atoms with E-state index in [0.717, 1.165) is 35.0 Å². The highest BCUT2D eigenvalue weighted by molar-refractivity contribution is 6.11.